The van der Waals surface area contributed by atoms with Gasteiger partial charge in [-0.2, -0.15) is 0 Å². The molecule has 0 atom stereocenters. The molecule has 1 aromatic heterocycles. The van der Waals surface area contributed by atoms with Gasteiger partial charge in [0.1, 0.15) is 5.00 Å². The first-order valence-corrected chi connectivity index (χ1v) is 8.18. The Kier molecular flexibility index (Phi) is 3.00. The highest BCUT2D eigenvalue weighted by atomic mass is 32.1. The first kappa shape index (κ1) is 14.6. The summed E-state index contributed by atoms with van der Waals surface area (Å²) in [6, 6.07) is 0. The number of anilines is 1. The van der Waals surface area contributed by atoms with Crippen LogP contribution in [0.4, 0.5) is 5.00 Å². The summed E-state index contributed by atoms with van der Waals surface area (Å²) in [4.78, 5) is 25.2. The second-order valence-electron chi connectivity index (χ2n) is 7.23. The van der Waals surface area contributed by atoms with E-state index in [1.54, 1.807) is 0 Å². The molecule has 0 saturated heterocycles. The normalized spacial score (nSPS) is 21.9. The maximum absolute atomic E-state index is 12.5. The van der Waals surface area contributed by atoms with Gasteiger partial charge in [-0.05, 0) is 35.7 Å². The van der Waals surface area contributed by atoms with Crippen molar-refractivity contribution >= 4 is 28.2 Å². The fourth-order valence-corrected chi connectivity index (χ4v) is 5.04. The second kappa shape index (κ2) is 4.32. The molecule has 1 amide bonds. The van der Waals surface area contributed by atoms with Crippen LogP contribution < -0.4 is 5.32 Å². The van der Waals surface area contributed by atoms with Gasteiger partial charge < -0.3 is 10.4 Å². The van der Waals surface area contributed by atoms with Crippen molar-refractivity contribution in [3.8, 4) is 0 Å². The minimum Gasteiger partial charge on any atom is -0.478 e. The minimum absolute atomic E-state index is 0.0412. The molecule has 0 bridgehead atoms. The fourth-order valence-electron chi connectivity index (χ4n) is 3.75. The molecule has 2 N–H and O–H groups in total. The van der Waals surface area contributed by atoms with Gasteiger partial charge in [0, 0.05) is 10.8 Å². The summed E-state index contributed by atoms with van der Waals surface area (Å²) in [6.07, 6.45) is 2.75. The van der Waals surface area contributed by atoms with Crippen LogP contribution in [0.1, 0.15) is 54.9 Å². The van der Waals surface area contributed by atoms with Crippen molar-refractivity contribution in [1.29, 1.82) is 0 Å². The summed E-state index contributed by atoms with van der Waals surface area (Å²) in [6.45, 7) is 8.35. The Morgan fingerprint density at radius 3 is 2.33 bits per heavy atom. The number of aryl methyl sites for hydroxylation is 1. The van der Waals surface area contributed by atoms with Gasteiger partial charge in [0.2, 0.25) is 5.91 Å². The van der Waals surface area contributed by atoms with Crippen molar-refractivity contribution in [2.45, 2.75) is 47.0 Å². The molecule has 0 spiro atoms. The summed E-state index contributed by atoms with van der Waals surface area (Å²) in [5.41, 5.74) is 1.16. The van der Waals surface area contributed by atoms with Crippen LogP contribution in [0.15, 0.2) is 0 Å². The van der Waals surface area contributed by atoms with E-state index < -0.39 is 5.97 Å². The molecule has 1 heterocycles. The average molecular weight is 307 g/mol. The Bertz CT molecular complexity index is 628. The third-order valence-corrected chi connectivity index (χ3v) is 6.86. The lowest BCUT2D eigenvalue weighted by molar-refractivity contribution is -0.118. The molecule has 2 aliphatic carbocycles. The molecule has 0 radical (unpaired) electrons. The van der Waals surface area contributed by atoms with E-state index in [2.05, 4.69) is 33.0 Å². The summed E-state index contributed by atoms with van der Waals surface area (Å²) in [5.74, 6) is -1.05. The van der Waals surface area contributed by atoms with E-state index in [-0.39, 0.29) is 22.7 Å². The lowest BCUT2D eigenvalue weighted by atomic mass is 10.0. The number of rotatable bonds is 3. The second-order valence-corrected chi connectivity index (χ2v) is 8.34. The van der Waals surface area contributed by atoms with Crippen LogP contribution in [0.3, 0.4) is 0 Å². The summed E-state index contributed by atoms with van der Waals surface area (Å²) < 4.78 is 0. The van der Waals surface area contributed by atoms with Gasteiger partial charge in [0.15, 0.2) is 0 Å². The third kappa shape index (κ3) is 1.94. The largest absolute Gasteiger partial charge is 0.478 e. The van der Waals surface area contributed by atoms with Crippen LogP contribution in [0.2, 0.25) is 0 Å². The lowest BCUT2D eigenvalue weighted by Crippen LogP contribution is -2.18. The van der Waals surface area contributed by atoms with Crippen molar-refractivity contribution in [3.63, 3.8) is 0 Å². The van der Waals surface area contributed by atoms with Crippen LogP contribution in [0.5, 0.6) is 0 Å². The van der Waals surface area contributed by atoms with Crippen molar-refractivity contribution in [1.82, 2.24) is 0 Å². The molecule has 114 valence electrons. The van der Waals surface area contributed by atoms with Crippen molar-refractivity contribution in [2.75, 3.05) is 5.32 Å². The molecule has 5 heteroatoms. The highest BCUT2D eigenvalue weighted by molar-refractivity contribution is 7.17. The van der Waals surface area contributed by atoms with Crippen molar-refractivity contribution < 1.29 is 14.7 Å². The van der Waals surface area contributed by atoms with Gasteiger partial charge in [0.25, 0.3) is 0 Å². The van der Waals surface area contributed by atoms with Crippen molar-refractivity contribution in [3.05, 3.63) is 16.0 Å². The van der Waals surface area contributed by atoms with E-state index in [1.165, 1.54) is 11.3 Å². The number of amides is 1. The number of hydrogen-bond donors (Lipinski definition) is 2. The number of nitrogens with one attached hydrogen (secondary N) is 1. The zero-order valence-electron chi connectivity index (χ0n) is 12.9. The molecule has 1 saturated carbocycles. The van der Waals surface area contributed by atoms with Crippen LogP contribution in [0.25, 0.3) is 0 Å². The standard InChI is InChI=1S/C16H21NO3S/c1-15(2)11(16(15,3)4)12(18)17-13-10(14(19)20)8-6-5-7-9(8)21-13/h11H,5-7H2,1-4H3,(H,17,18)(H,19,20). The number of carbonyl (C=O) groups is 2. The highest BCUT2D eigenvalue weighted by Crippen LogP contribution is 2.68. The Hall–Kier alpha value is -1.36. The SMILES string of the molecule is CC1(C)C(C(=O)Nc2sc3c(c2C(=O)O)CCC3)C1(C)C. The van der Waals surface area contributed by atoms with Gasteiger partial charge in [-0.1, -0.05) is 27.7 Å². The van der Waals surface area contributed by atoms with Crippen molar-refractivity contribution in [2.24, 2.45) is 16.7 Å². The van der Waals surface area contributed by atoms with E-state index in [0.717, 1.165) is 29.7 Å². The van der Waals surface area contributed by atoms with E-state index in [4.69, 9.17) is 0 Å². The summed E-state index contributed by atoms with van der Waals surface area (Å²) in [5, 5.41) is 12.9. The first-order valence-electron chi connectivity index (χ1n) is 7.36. The smallest absolute Gasteiger partial charge is 0.339 e. The van der Waals surface area contributed by atoms with Gasteiger partial charge in [-0.15, -0.1) is 11.3 Å². The zero-order valence-corrected chi connectivity index (χ0v) is 13.7. The molecule has 0 unspecified atom stereocenters. The monoisotopic (exact) mass is 307 g/mol. The summed E-state index contributed by atoms with van der Waals surface area (Å²) >= 11 is 1.44. The molecule has 0 aliphatic heterocycles. The fraction of sp³-hybridized carbons (Fsp3) is 0.625. The number of hydrogen-bond acceptors (Lipinski definition) is 3. The number of carbonyl (C=O) groups excluding carboxylic acids is 1. The van der Waals surface area contributed by atoms with Crippen LogP contribution >= 0.6 is 11.3 Å². The predicted octanol–water partition coefficient (Wildman–Crippen LogP) is 3.56. The van der Waals surface area contributed by atoms with E-state index in [1.807, 2.05) is 0 Å². The molecule has 1 fully saturated rings. The number of fused-ring (bicyclic) bond motifs is 1. The Labute approximate surface area is 128 Å². The Balaban J connectivity index is 1.87. The number of thiophene rings is 1. The van der Waals surface area contributed by atoms with Crippen LogP contribution in [-0.2, 0) is 17.6 Å². The number of aromatic carboxylic acids is 1. The molecule has 3 rings (SSSR count). The first-order chi connectivity index (χ1) is 9.68. The van der Waals surface area contributed by atoms with Gasteiger partial charge >= 0.3 is 5.97 Å². The predicted molar refractivity (Wildman–Crippen MR) is 83.0 cm³/mol. The van der Waals surface area contributed by atoms with Crippen LogP contribution in [-0.4, -0.2) is 17.0 Å². The maximum atomic E-state index is 12.5. The lowest BCUT2D eigenvalue weighted by Gasteiger charge is -2.06. The molecular weight excluding hydrogens is 286 g/mol. The average Bonchev–Trinajstić information content (AvgIpc) is 2.73. The minimum atomic E-state index is -0.931. The highest BCUT2D eigenvalue weighted by Gasteiger charge is 2.68. The van der Waals surface area contributed by atoms with Gasteiger partial charge in [0.05, 0.1) is 5.56 Å². The van der Waals surface area contributed by atoms with Crippen LogP contribution in [0, 0.1) is 16.7 Å². The zero-order chi connectivity index (χ0) is 15.6. The topological polar surface area (TPSA) is 66.4 Å². The molecular formula is C16H21NO3S. The molecule has 2 aliphatic rings. The van der Waals surface area contributed by atoms with E-state index in [9.17, 15) is 14.7 Å². The van der Waals surface area contributed by atoms with Gasteiger partial charge in [-0.3, -0.25) is 4.79 Å². The quantitative estimate of drug-likeness (QED) is 0.897. The summed E-state index contributed by atoms with van der Waals surface area (Å²) in [7, 11) is 0. The van der Waals surface area contributed by atoms with E-state index >= 15 is 0 Å². The van der Waals surface area contributed by atoms with E-state index in [0.29, 0.717) is 10.6 Å². The Morgan fingerprint density at radius 2 is 1.81 bits per heavy atom. The maximum Gasteiger partial charge on any atom is 0.339 e. The Morgan fingerprint density at radius 1 is 1.19 bits per heavy atom. The molecule has 1 aromatic rings. The molecule has 4 nitrogen and oxygen atoms in total. The van der Waals surface area contributed by atoms with Gasteiger partial charge in [-0.25, -0.2) is 4.79 Å². The number of carboxylic acid groups (broad SMARTS) is 1. The third-order valence-electron chi connectivity index (χ3n) is 5.65. The number of carboxylic acids is 1. The molecule has 0 aromatic carbocycles. The molecule has 21 heavy (non-hydrogen) atoms.